The van der Waals surface area contributed by atoms with Crippen molar-refractivity contribution in [2.45, 2.75) is 20.3 Å². The lowest BCUT2D eigenvalue weighted by atomic mass is 10.0. The van der Waals surface area contributed by atoms with E-state index in [2.05, 4.69) is 6.58 Å². The average molecular weight is 128 g/mol. The third kappa shape index (κ3) is 2.31. The van der Waals surface area contributed by atoms with E-state index in [0.717, 1.165) is 12.0 Å². The highest BCUT2D eigenvalue weighted by Crippen LogP contribution is 2.10. The van der Waals surface area contributed by atoms with Crippen LogP contribution in [0.25, 0.3) is 0 Å². The van der Waals surface area contributed by atoms with Gasteiger partial charge in [0, 0.05) is 0 Å². The van der Waals surface area contributed by atoms with Gasteiger partial charge in [0.15, 0.2) is 0 Å². The Bertz CT molecular complexity index is 127. The molecule has 0 aliphatic heterocycles. The van der Waals surface area contributed by atoms with E-state index >= 15 is 0 Å². The highest BCUT2D eigenvalue weighted by molar-refractivity contribution is 5.72. The minimum Gasteiger partial charge on any atom is -0.481 e. The topological polar surface area (TPSA) is 37.3 Å². The predicted octanol–water partition coefficient (Wildman–Crippen LogP) is 1.67. The molecular formula is C7H12O2. The molecule has 0 unspecified atom stereocenters. The quantitative estimate of drug-likeness (QED) is 0.587. The summed E-state index contributed by atoms with van der Waals surface area (Å²) in [7, 11) is 0. The number of hydrogen-bond donors (Lipinski definition) is 1. The second-order valence-electron chi connectivity index (χ2n) is 2.07. The van der Waals surface area contributed by atoms with Gasteiger partial charge in [-0.3, -0.25) is 4.79 Å². The van der Waals surface area contributed by atoms with Gasteiger partial charge in [-0.25, -0.2) is 0 Å². The van der Waals surface area contributed by atoms with Gasteiger partial charge < -0.3 is 5.11 Å². The molecule has 0 fully saturated rings. The molecule has 0 aliphatic rings. The van der Waals surface area contributed by atoms with Crippen LogP contribution in [0, 0.1) is 5.92 Å². The van der Waals surface area contributed by atoms with E-state index in [-0.39, 0.29) is 0 Å². The van der Waals surface area contributed by atoms with Crippen LogP contribution >= 0.6 is 0 Å². The van der Waals surface area contributed by atoms with Crippen molar-refractivity contribution < 1.29 is 9.90 Å². The van der Waals surface area contributed by atoms with E-state index in [1.165, 1.54) is 0 Å². The molecule has 0 bridgehead atoms. The second-order valence-corrected chi connectivity index (χ2v) is 2.07. The fourth-order valence-electron chi connectivity index (χ4n) is 0.481. The Balaban J connectivity index is 3.88. The van der Waals surface area contributed by atoms with Crippen molar-refractivity contribution in [3.05, 3.63) is 12.2 Å². The second kappa shape index (κ2) is 3.28. The van der Waals surface area contributed by atoms with Gasteiger partial charge in [0.25, 0.3) is 0 Å². The molecule has 0 aliphatic carbocycles. The Hall–Kier alpha value is -0.790. The van der Waals surface area contributed by atoms with Crippen LogP contribution in [0.3, 0.4) is 0 Å². The third-order valence-electron chi connectivity index (χ3n) is 1.44. The third-order valence-corrected chi connectivity index (χ3v) is 1.44. The first-order chi connectivity index (χ1) is 4.09. The first-order valence-corrected chi connectivity index (χ1v) is 3.00. The summed E-state index contributed by atoms with van der Waals surface area (Å²) in [4.78, 5) is 10.2. The van der Waals surface area contributed by atoms with Crippen molar-refractivity contribution in [2.24, 2.45) is 5.92 Å². The van der Waals surface area contributed by atoms with Crippen LogP contribution in [-0.2, 0) is 4.79 Å². The molecule has 0 aromatic rings. The molecular weight excluding hydrogens is 116 g/mol. The smallest absolute Gasteiger partial charge is 0.310 e. The highest BCUT2D eigenvalue weighted by atomic mass is 16.4. The van der Waals surface area contributed by atoms with Gasteiger partial charge in [-0.15, -0.1) is 0 Å². The molecule has 2 heteroatoms. The molecule has 9 heavy (non-hydrogen) atoms. The van der Waals surface area contributed by atoms with Crippen molar-refractivity contribution in [1.82, 2.24) is 0 Å². The molecule has 2 nitrogen and oxygen atoms in total. The number of carboxylic acids is 1. The summed E-state index contributed by atoms with van der Waals surface area (Å²) in [6, 6.07) is 0. The Kier molecular flexibility index (Phi) is 2.99. The fraction of sp³-hybridized carbons (Fsp3) is 0.571. The molecule has 52 valence electrons. The Morgan fingerprint density at radius 3 is 2.33 bits per heavy atom. The summed E-state index contributed by atoms with van der Waals surface area (Å²) in [5.74, 6) is -1.18. The SMILES string of the molecule is C=C(CC)[C@H](C)C(=O)O. The zero-order chi connectivity index (χ0) is 7.44. The zero-order valence-corrected chi connectivity index (χ0v) is 5.85. The van der Waals surface area contributed by atoms with Gasteiger partial charge in [-0.1, -0.05) is 19.1 Å². The maximum Gasteiger partial charge on any atom is 0.310 e. The number of aliphatic carboxylic acids is 1. The molecule has 0 saturated heterocycles. The van der Waals surface area contributed by atoms with E-state index in [4.69, 9.17) is 5.11 Å². The lowest BCUT2D eigenvalue weighted by Crippen LogP contribution is -2.10. The van der Waals surface area contributed by atoms with Gasteiger partial charge in [-0.2, -0.15) is 0 Å². The monoisotopic (exact) mass is 128 g/mol. The maximum absolute atomic E-state index is 10.2. The van der Waals surface area contributed by atoms with E-state index in [1.807, 2.05) is 6.92 Å². The predicted molar refractivity (Wildman–Crippen MR) is 36.2 cm³/mol. The first-order valence-electron chi connectivity index (χ1n) is 3.00. The molecule has 0 heterocycles. The van der Waals surface area contributed by atoms with E-state index in [0.29, 0.717) is 0 Å². The molecule has 0 spiro atoms. The summed E-state index contributed by atoms with van der Waals surface area (Å²) in [5.41, 5.74) is 0.780. The molecule has 0 rings (SSSR count). The Morgan fingerprint density at radius 1 is 1.78 bits per heavy atom. The summed E-state index contributed by atoms with van der Waals surface area (Å²) in [6.45, 7) is 7.17. The lowest BCUT2D eigenvalue weighted by molar-refractivity contribution is -0.139. The van der Waals surface area contributed by atoms with Crippen LogP contribution in [0.2, 0.25) is 0 Å². The highest BCUT2D eigenvalue weighted by Gasteiger charge is 2.11. The van der Waals surface area contributed by atoms with Crippen LogP contribution in [0.4, 0.5) is 0 Å². The molecule has 0 radical (unpaired) electrons. The van der Waals surface area contributed by atoms with Gasteiger partial charge in [-0.05, 0) is 13.3 Å². The number of rotatable bonds is 3. The lowest BCUT2D eigenvalue weighted by Gasteiger charge is -2.05. The van der Waals surface area contributed by atoms with E-state index < -0.39 is 11.9 Å². The molecule has 1 atom stereocenters. The minimum atomic E-state index is -0.790. The standard InChI is InChI=1S/C7H12O2/c1-4-5(2)6(3)7(8)9/h6H,2,4H2,1,3H3,(H,8,9)/t6-/m0/s1. The van der Waals surface area contributed by atoms with Crippen molar-refractivity contribution in [3.8, 4) is 0 Å². The van der Waals surface area contributed by atoms with Crippen molar-refractivity contribution in [3.63, 3.8) is 0 Å². The van der Waals surface area contributed by atoms with Crippen LogP contribution < -0.4 is 0 Å². The van der Waals surface area contributed by atoms with E-state index in [9.17, 15) is 4.79 Å². The number of hydrogen-bond acceptors (Lipinski definition) is 1. The largest absolute Gasteiger partial charge is 0.481 e. The summed E-state index contributed by atoms with van der Waals surface area (Å²) >= 11 is 0. The van der Waals surface area contributed by atoms with Crippen molar-refractivity contribution in [2.75, 3.05) is 0 Å². The van der Waals surface area contributed by atoms with Gasteiger partial charge in [0.05, 0.1) is 5.92 Å². The summed E-state index contributed by atoms with van der Waals surface area (Å²) in [5, 5.41) is 8.42. The average Bonchev–Trinajstić information content (AvgIpc) is 1.84. The fourth-order valence-corrected chi connectivity index (χ4v) is 0.481. The van der Waals surface area contributed by atoms with Gasteiger partial charge >= 0.3 is 5.97 Å². The maximum atomic E-state index is 10.2. The van der Waals surface area contributed by atoms with Crippen LogP contribution in [-0.4, -0.2) is 11.1 Å². The normalized spacial score (nSPS) is 12.7. The summed E-state index contributed by atoms with van der Waals surface area (Å²) in [6.07, 6.45) is 0.744. The molecule has 1 N–H and O–H groups in total. The first kappa shape index (κ1) is 8.21. The number of carboxylic acid groups (broad SMARTS) is 1. The van der Waals surface area contributed by atoms with E-state index in [1.54, 1.807) is 6.92 Å². The van der Waals surface area contributed by atoms with Crippen LogP contribution in [0.5, 0.6) is 0 Å². The zero-order valence-electron chi connectivity index (χ0n) is 5.85. The van der Waals surface area contributed by atoms with Gasteiger partial charge in [0.2, 0.25) is 0 Å². The Morgan fingerprint density at radius 2 is 2.22 bits per heavy atom. The molecule has 0 aromatic heterocycles. The Labute approximate surface area is 55.2 Å². The molecule has 0 saturated carbocycles. The van der Waals surface area contributed by atoms with Crippen molar-refractivity contribution in [1.29, 1.82) is 0 Å². The van der Waals surface area contributed by atoms with Crippen LogP contribution in [0.15, 0.2) is 12.2 Å². The molecule has 0 aromatic carbocycles. The minimum absolute atomic E-state index is 0.394. The van der Waals surface area contributed by atoms with Crippen LogP contribution in [0.1, 0.15) is 20.3 Å². The summed E-state index contributed by atoms with van der Waals surface area (Å²) < 4.78 is 0. The van der Waals surface area contributed by atoms with Crippen molar-refractivity contribution >= 4 is 5.97 Å². The van der Waals surface area contributed by atoms with Gasteiger partial charge in [0.1, 0.15) is 0 Å². The number of carbonyl (C=O) groups is 1. The molecule has 0 amide bonds.